The number of imidazole rings is 1. The van der Waals surface area contributed by atoms with Gasteiger partial charge in [-0.2, -0.15) is 0 Å². The Morgan fingerprint density at radius 3 is 3.08 bits per heavy atom. The van der Waals surface area contributed by atoms with E-state index in [1.54, 1.807) is 0 Å². The Balaban J connectivity index is 2.32. The number of fused-ring (bicyclic) bond motifs is 1. The third kappa shape index (κ3) is 1.08. The van der Waals surface area contributed by atoms with E-state index in [-0.39, 0.29) is 0 Å². The highest BCUT2D eigenvalue weighted by molar-refractivity contribution is 5.34. The van der Waals surface area contributed by atoms with Crippen molar-refractivity contribution in [1.82, 2.24) is 14.5 Å². The predicted octanol–water partition coefficient (Wildman–Crippen LogP) is 0.370. The summed E-state index contributed by atoms with van der Waals surface area (Å²) in [6.07, 6.45) is 1.90. The van der Waals surface area contributed by atoms with Gasteiger partial charge in [0.15, 0.2) is 0 Å². The molecule has 1 aliphatic heterocycles. The second kappa shape index (κ2) is 2.79. The highest BCUT2D eigenvalue weighted by Crippen LogP contribution is 2.15. The molecule has 0 amide bonds. The monoisotopic (exact) mass is 166 g/mol. The average molecular weight is 166 g/mol. The Labute approximate surface area is 72.2 Å². The van der Waals surface area contributed by atoms with Crippen LogP contribution in [-0.2, 0) is 13.1 Å². The van der Waals surface area contributed by atoms with Crippen LogP contribution in [-0.4, -0.2) is 35.1 Å². The standard InChI is InChI=1S/C8H14N4/c1-9-7-5-10-8-6-11(2)3-4-12(7)8/h5,9H,3-4,6H2,1-2H3. The van der Waals surface area contributed by atoms with E-state index < -0.39 is 0 Å². The van der Waals surface area contributed by atoms with Gasteiger partial charge in [-0.05, 0) is 7.05 Å². The van der Waals surface area contributed by atoms with Gasteiger partial charge in [0.1, 0.15) is 11.6 Å². The quantitative estimate of drug-likeness (QED) is 0.654. The summed E-state index contributed by atoms with van der Waals surface area (Å²) in [5.41, 5.74) is 0. The van der Waals surface area contributed by atoms with Gasteiger partial charge < -0.3 is 9.88 Å². The summed E-state index contributed by atoms with van der Waals surface area (Å²) in [5.74, 6) is 2.28. The molecule has 0 saturated heterocycles. The van der Waals surface area contributed by atoms with Gasteiger partial charge in [-0.1, -0.05) is 0 Å². The maximum Gasteiger partial charge on any atom is 0.125 e. The molecule has 0 bridgehead atoms. The SMILES string of the molecule is CNc1cnc2n1CCN(C)C2. The fraction of sp³-hybridized carbons (Fsp3) is 0.625. The molecule has 0 aromatic carbocycles. The topological polar surface area (TPSA) is 33.1 Å². The second-order valence-electron chi connectivity index (χ2n) is 3.20. The highest BCUT2D eigenvalue weighted by atomic mass is 15.3. The summed E-state index contributed by atoms with van der Waals surface area (Å²) in [5, 5.41) is 3.13. The number of likely N-dealkylation sites (N-methyl/N-ethyl adjacent to an activating group) is 1. The lowest BCUT2D eigenvalue weighted by atomic mass is 10.4. The van der Waals surface area contributed by atoms with Crippen LogP contribution in [0.15, 0.2) is 6.20 Å². The number of rotatable bonds is 1. The molecule has 0 saturated carbocycles. The minimum atomic E-state index is 0.960. The fourth-order valence-electron chi connectivity index (χ4n) is 1.58. The van der Waals surface area contributed by atoms with Crippen LogP contribution < -0.4 is 5.32 Å². The van der Waals surface area contributed by atoms with E-state index in [9.17, 15) is 0 Å². The van der Waals surface area contributed by atoms with Crippen LogP contribution >= 0.6 is 0 Å². The third-order valence-corrected chi connectivity index (χ3v) is 2.31. The van der Waals surface area contributed by atoms with Gasteiger partial charge in [0.25, 0.3) is 0 Å². The van der Waals surface area contributed by atoms with Crippen molar-refractivity contribution in [3.63, 3.8) is 0 Å². The largest absolute Gasteiger partial charge is 0.373 e. The van der Waals surface area contributed by atoms with E-state index in [2.05, 4.69) is 26.8 Å². The van der Waals surface area contributed by atoms with Crippen LogP contribution in [0.5, 0.6) is 0 Å². The lowest BCUT2D eigenvalue weighted by Gasteiger charge is -2.24. The van der Waals surface area contributed by atoms with E-state index in [4.69, 9.17) is 0 Å². The van der Waals surface area contributed by atoms with Gasteiger partial charge in [0, 0.05) is 20.1 Å². The number of hydrogen-bond donors (Lipinski definition) is 1. The predicted molar refractivity (Wildman–Crippen MR) is 48.1 cm³/mol. The molecule has 0 radical (unpaired) electrons. The number of anilines is 1. The lowest BCUT2D eigenvalue weighted by Crippen LogP contribution is -2.30. The molecule has 0 unspecified atom stereocenters. The first-order valence-corrected chi connectivity index (χ1v) is 4.22. The van der Waals surface area contributed by atoms with E-state index in [0.717, 1.165) is 31.3 Å². The molecule has 1 aliphatic rings. The molecule has 12 heavy (non-hydrogen) atoms. The van der Waals surface area contributed by atoms with Crippen LogP contribution in [0, 0.1) is 0 Å². The Kier molecular flexibility index (Phi) is 1.77. The van der Waals surface area contributed by atoms with Crippen LogP contribution in [0.4, 0.5) is 5.82 Å². The molecule has 0 aliphatic carbocycles. The molecule has 0 spiro atoms. The molecule has 4 heteroatoms. The number of aromatic nitrogens is 2. The van der Waals surface area contributed by atoms with Crippen LogP contribution in [0.1, 0.15) is 5.82 Å². The summed E-state index contributed by atoms with van der Waals surface area (Å²) in [6.45, 7) is 3.11. The fourth-order valence-corrected chi connectivity index (χ4v) is 1.58. The van der Waals surface area contributed by atoms with Gasteiger partial charge in [-0.3, -0.25) is 4.90 Å². The third-order valence-electron chi connectivity index (χ3n) is 2.31. The summed E-state index contributed by atoms with van der Waals surface area (Å²) in [7, 11) is 4.06. The maximum atomic E-state index is 4.34. The van der Waals surface area contributed by atoms with Crippen LogP contribution in [0.25, 0.3) is 0 Å². The molecule has 1 N–H and O–H groups in total. The molecular formula is C8H14N4. The van der Waals surface area contributed by atoms with E-state index in [1.165, 1.54) is 0 Å². The van der Waals surface area contributed by atoms with Crippen LogP contribution in [0.2, 0.25) is 0 Å². The normalized spacial score (nSPS) is 17.5. The van der Waals surface area contributed by atoms with E-state index in [0.29, 0.717) is 0 Å². The zero-order valence-corrected chi connectivity index (χ0v) is 7.54. The molecular weight excluding hydrogens is 152 g/mol. The van der Waals surface area contributed by atoms with Crippen molar-refractivity contribution in [3.05, 3.63) is 12.0 Å². The van der Waals surface area contributed by atoms with Gasteiger partial charge in [0.05, 0.1) is 12.7 Å². The van der Waals surface area contributed by atoms with Gasteiger partial charge in [-0.25, -0.2) is 4.98 Å². The summed E-state index contributed by atoms with van der Waals surface area (Å²) in [4.78, 5) is 6.62. The van der Waals surface area contributed by atoms with E-state index >= 15 is 0 Å². The first-order valence-electron chi connectivity index (χ1n) is 4.22. The van der Waals surface area contributed by atoms with Gasteiger partial charge in [0.2, 0.25) is 0 Å². The number of nitrogens with zero attached hydrogens (tertiary/aromatic N) is 3. The second-order valence-corrected chi connectivity index (χ2v) is 3.20. The lowest BCUT2D eigenvalue weighted by molar-refractivity contribution is 0.266. The minimum Gasteiger partial charge on any atom is -0.373 e. The van der Waals surface area contributed by atoms with Crippen molar-refractivity contribution in [2.24, 2.45) is 0 Å². The minimum absolute atomic E-state index is 0.960. The average Bonchev–Trinajstić information content (AvgIpc) is 2.46. The Hall–Kier alpha value is -1.03. The first-order chi connectivity index (χ1) is 5.81. The van der Waals surface area contributed by atoms with Crippen molar-refractivity contribution in [3.8, 4) is 0 Å². The Bertz CT molecular complexity index is 279. The highest BCUT2D eigenvalue weighted by Gasteiger charge is 2.15. The molecule has 0 fully saturated rings. The smallest absolute Gasteiger partial charge is 0.125 e. The van der Waals surface area contributed by atoms with Crippen molar-refractivity contribution >= 4 is 5.82 Å². The molecule has 2 rings (SSSR count). The maximum absolute atomic E-state index is 4.34. The van der Waals surface area contributed by atoms with Crippen molar-refractivity contribution in [1.29, 1.82) is 0 Å². The molecule has 1 aromatic heterocycles. The summed E-state index contributed by atoms with van der Waals surface area (Å²) >= 11 is 0. The van der Waals surface area contributed by atoms with Crippen molar-refractivity contribution in [2.75, 3.05) is 26.0 Å². The zero-order valence-electron chi connectivity index (χ0n) is 7.54. The summed E-state index contributed by atoms with van der Waals surface area (Å²) in [6, 6.07) is 0. The summed E-state index contributed by atoms with van der Waals surface area (Å²) < 4.78 is 2.24. The zero-order chi connectivity index (χ0) is 8.55. The Morgan fingerprint density at radius 1 is 1.50 bits per heavy atom. The van der Waals surface area contributed by atoms with Gasteiger partial charge in [-0.15, -0.1) is 0 Å². The Morgan fingerprint density at radius 2 is 2.33 bits per heavy atom. The van der Waals surface area contributed by atoms with Crippen molar-refractivity contribution < 1.29 is 0 Å². The molecule has 4 nitrogen and oxygen atoms in total. The first kappa shape index (κ1) is 7.61. The molecule has 0 atom stereocenters. The molecule has 66 valence electrons. The molecule has 2 heterocycles. The van der Waals surface area contributed by atoms with Crippen molar-refractivity contribution in [2.45, 2.75) is 13.1 Å². The van der Waals surface area contributed by atoms with Gasteiger partial charge >= 0.3 is 0 Å². The number of nitrogens with one attached hydrogen (secondary N) is 1. The molecule has 1 aromatic rings. The number of hydrogen-bond acceptors (Lipinski definition) is 3. The van der Waals surface area contributed by atoms with E-state index in [1.807, 2.05) is 13.2 Å². The van der Waals surface area contributed by atoms with Crippen LogP contribution in [0.3, 0.4) is 0 Å².